The van der Waals surface area contributed by atoms with Crippen molar-refractivity contribution in [2.24, 2.45) is 0 Å². The summed E-state index contributed by atoms with van der Waals surface area (Å²) in [7, 11) is 0. The fourth-order valence-electron chi connectivity index (χ4n) is 1.33. The Morgan fingerprint density at radius 3 is 2.81 bits per heavy atom. The van der Waals surface area contributed by atoms with E-state index in [4.69, 9.17) is 21.1 Å². The molecule has 0 atom stereocenters. The maximum atomic E-state index is 8.68. The third kappa shape index (κ3) is 2.40. The summed E-state index contributed by atoms with van der Waals surface area (Å²) < 4.78 is 5.43. The average molecular weight is 239 g/mol. The van der Waals surface area contributed by atoms with Gasteiger partial charge in [0, 0.05) is 13.0 Å². The van der Waals surface area contributed by atoms with Gasteiger partial charge in [0.2, 0.25) is 11.8 Å². The number of aryl methyl sites for hydroxylation is 1. The first-order valence-electron chi connectivity index (χ1n) is 4.99. The fourth-order valence-corrected chi connectivity index (χ4v) is 1.54. The first-order valence-corrected chi connectivity index (χ1v) is 5.37. The summed E-state index contributed by atoms with van der Waals surface area (Å²) in [6.07, 6.45) is 1.19. The van der Waals surface area contributed by atoms with Gasteiger partial charge in [0.1, 0.15) is 0 Å². The topological polar surface area (TPSA) is 59.2 Å². The molecule has 0 aliphatic heterocycles. The number of nitrogens with zero attached hydrogens (tertiary/aromatic N) is 2. The molecule has 1 aromatic heterocycles. The Balaban J connectivity index is 2.22. The van der Waals surface area contributed by atoms with Crippen molar-refractivity contribution >= 4 is 11.6 Å². The molecule has 0 bridgehead atoms. The molecule has 0 unspecified atom stereocenters. The lowest BCUT2D eigenvalue weighted by molar-refractivity contribution is 0.283. The molecular formula is C11H11ClN2O2. The molecule has 4 nitrogen and oxygen atoms in total. The number of hydrogen-bond acceptors (Lipinski definition) is 4. The van der Waals surface area contributed by atoms with E-state index in [9.17, 15) is 0 Å². The highest BCUT2D eigenvalue weighted by atomic mass is 35.5. The Bertz CT molecular complexity index is 471. The van der Waals surface area contributed by atoms with E-state index >= 15 is 0 Å². The Labute approximate surface area is 97.9 Å². The monoisotopic (exact) mass is 238 g/mol. The molecule has 0 saturated heterocycles. The van der Waals surface area contributed by atoms with E-state index in [0.717, 1.165) is 5.56 Å². The molecular weight excluding hydrogens is 228 g/mol. The molecule has 0 radical (unpaired) electrons. The smallest absolute Gasteiger partial charge is 0.249 e. The van der Waals surface area contributed by atoms with Crippen LogP contribution in [-0.2, 0) is 6.42 Å². The van der Waals surface area contributed by atoms with E-state index < -0.39 is 0 Å². The minimum Gasteiger partial charge on any atom is -0.421 e. The minimum absolute atomic E-state index is 0.115. The van der Waals surface area contributed by atoms with Crippen molar-refractivity contribution in [3.8, 4) is 11.5 Å². The van der Waals surface area contributed by atoms with Crippen molar-refractivity contribution in [1.82, 2.24) is 10.2 Å². The van der Waals surface area contributed by atoms with E-state index in [2.05, 4.69) is 10.2 Å². The van der Waals surface area contributed by atoms with E-state index in [1.165, 1.54) is 0 Å². The zero-order valence-electron chi connectivity index (χ0n) is 8.56. The van der Waals surface area contributed by atoms with Crippen molar-refractivity contribution in [3.63, 3.8) is 0 Å². The zero-order chi connectivity index (χ0) is 11.4. The summed E-state index contributed by atoms with van der Waals surface area (Å²) in [5.74, 6) is 0.933. The van der Waals surface area contributed by atoms with Crippen molar-refractivity contribution < 1.29 is 9.52 Å². The maximum Gasteiger partial charge on any atom is 0.249 e. The Kier molecular flexibility index (Phi) is 3.54. The van der Waals surface area contributed by atoms with Gasteiger partial charge in [-0.2, -0.15) is 0 Å². The van der Waals surface area contributed by atoms with Crippen LogP contribution in [-0.4, -0.2) is 21.9 Å². The molecule has 1 aromatic carbocycles. The SMILES string of the molecule is OCCCc1nnc(-c2ccccc2Cl)o1. The summed E-state index contributed by atoms with van der Waals surface area (Å²) in [5.41, 5.74) is 0.729. The van der Waals surface area contributed by atoms with Crippen LogP contribution in [0.15, 0.2) is 28.7 Å². The van der Waals surface area contributed by atoms with Gasteiger partial charge in [0.05, 0.1) is 10.6 Å². The van der Waals surface area contributed by atoms with Crippen LogP contribution >= 0.6 is 11.6 Å². The molecule has 0 fully saturated rings. The van der Waals surface area contributed by atoms with Crippen LogP contribution in [0.1, 0.15) is 12.3 Å². The number of hydrogen-bond donors (Lipinski definition) is 1. The van der Waals surface area contributed by atoms with Crippen molar-refractivity contribution in [1.29, 1.82) is 0 Å². The summed E-state index contributed by atoms with van der Waals surface area (Å²) in [6.45, 7) is 0.115. The van der Waals surface area contributed by atoms with Crippen LogP contribution in [0.3, 0.4) is 0 Å². The molecule has 0 amide bonds. The zero-order valence-corrected chi connectivity index (χ0v) is 9.31. The number of benzene rings is 1. The van der Waals surface area contributed by atoms with E-state index in [-0.39, 0.29) is 6.61 Å². The number of halogens is 1. The standard InChI is InChI=1S/C11H11ClN2O2/c12-9-5-2-1-4-8(9)11-14-13-10(16-11)6-3-7-15/h1-2,4-5,15H,3,6-7H2. The fraction of sp³-hybridized carbons (Fsp3) is 0.273. The molecule has 0 spiro atoms. The predicted octanol–water partition coefficient (Wildman–Crippen LogP) is 2.31. The molecule has 0 aliphatic carbocycles. The van der Waals surface area contributed by atoms with Crippen LogP contribution < -0.4 is 0 Å². The van der Waals surface area contributed by atoms with Gasteiger partial charge in [-0.1, -0.05) is 23.7 Å². The second-order valence-corrected chi connectivity index (χ2v) is 3.72. The largest absolute Gasteiger partial charge is 0.421 e. The van der Waals surface area contributed by atoms with E-state index in [0.29, 0.717) is 29.6 Å². The lowest BCUT2D eigenvalue weighted by Crippen LogP contribution is -1.88. The maximum absolute atomic E-state index is 8.68. The first kappa shape index (κ1) is 11.1. The summed E-state index contributed by atoms with van der Waals surface area (Å²) in [6, 6.07) is 7.30. The Morgan fingerprint density at radius 2 is 2.06 bits per heavy atom. The minimum atomic E-state index is 0.115. The summed E-state index contributed by atoms with van der Waals surface area (Å²) in [5, 5.41) is 17.1. The van der Waals surface area contributed by atoms with Gasteiger partial charge in [-0.3, -0.25) is 0 Å². The van der Waals surface area contributed by atoms with Crippen molar-refractivity contribution in [2.45, 2.75) is 12.8 Å². The lowest BCUT2D eigenvalue weighted by Gasteiger charge is -1.96. The highest BCUT2D eigenvalue weighted by Crippen LogP contribution is 2.26. The Morgan fingerprint density at radius 1 is 1.25 bits per heavy atom. The molecule has 2 rings (SSSR count). The molecule has 0 aliphatic rings. The van der Waals surface area contributed by atoms with Gasteiger partial charge in [0.25, 0.3) is 0 Å². The molecule has 0 saturated carbocycles. The van der Waals surface area contributed by atoms with E-state index in [1.807, 2.05) is 18.2 Å². The summed E-state index contributed by atoms with van der Waals surface area (Å²) in [4.78, 5) is 0. The third-order valence-electron chi connectivity index (χ3n) is 2.12. The number of rotatable bonds is 4. The highest BCUT2D eigenvalue weighted by molar-refractivity contribution is 6.33. The molecule has 16 heavy (non-hydrogen) atoms. The predicted molar refractivity (Wildman–Crippen MR) is 60.2 cm³/mol. The van der Waals surface area contributed by atoms with Crippen LogP contribution in [0.5, 0.6) is 0 Å². The van der Waals surface area contributed by atoms with Crippen LogP contribution in [0.4, 0.5) is 0 Å². The molecule has 2 aromatic rings. The van der Waals surface area contributed by atoms with Gasteiger partial charge in [-0.15, -0.1) is 10.2 Å². The van der Waals surface area contributed by atoms with Gasteiger partial charge >= 0.3 is 0 Å². The van der Waals surface area contributed by atoms with Crippen LogP contribution in [0.25, 0.3) is 11.5 Å². The molecule has 5 heteroatoms. The van der Waals surface area contributed by atoms with Crippen LogP contribution in [0, 0.1) is 0 Å². The quantitative estimate of drug-likeness (QED) is 0.888. The molecule has 1 N–H and O–H groups in total. The Hall–Kier alpha value is -1.39. The average Bonchev–Trinajstić information content (AvgIpc) is 2.75. The second-order valence-electron chi connectivity index (χ2n) is 3.31. The third-order valence-corrected chi connectivity index (χ3v) is 2.45. The van der Waals surface area contributed by atoms with E-state index in [1.54, 1.807) is 6.07 Å². The molecule has 1 heterocycles. The lowest BCUT2D eigenvalue weighted by atomic mass is 10.2. The summed E-state index contributed by atoms with van der Waals surface area (Å²) >= 11 is 6.00. The number of aliphatic hydroxyl groups is 1. The molecule has 84 valence electrons. The highest BCUT2D eigenvalue weighted by Gasteiger charge is 2.10. The van der Waals surface area contributed by atoms with Gasteiger partial charge in [0.15, 0.2) is 0 Å². The normalized spacial score (nSPS) is 10.6. The first-order chi connectivity index (χ1) is 7.81. The van der Waals surface area contributed by atoms with Gasteiger partial charge < -0.3 is 9.52 Å². The van der Waals surface area contributed by atoms with Crippen molar-refractivity contribution in [2.75, 3.05) is 6.61 Å². The number of aliphatic hydroxyl groups excluding tert-OH is 1. The number of aromatic nitrogens is 2. The van der Waals surface area contributed by atoms with Gasteiger partial charge in [-0.25, -0.2) is 0 Å². The van der Waals surface area contributed by atoms with Gasteiger partial charge in [-0.05, 0) is 18.6 Å². The van der Waals surface area contributed by atoms with Crippen LogP contribution in [0.2, 0.25) is 5.02 Å². The second kappa shape index (κ2) is 5.09. The van der Waals surface area contributed by atoms with Crippen molar-refractivity contribution in [3.05, 3.63) is 35.2 Å².